The number of H-pyrrole nitrogens is 1. The number of allylic oxidation sites excluding steroid dienone is 1. The van der Waals surface area contributed by atoms with E-state index in [1.165, 1.54) is 14.2 Å². The molecule has 0 fully saturated rings. The van der Waals surface area contributed by atoms with Crippen LogP contribution in [0.15, 0.2) is 47.9 Å². The van der Waals surface area contributed by atoms with Gasteiger partial charge in [-0.2, -0.15) is 5.26 Å². The number of aromatic amines is 1. The first kappa shape index (κ1) is 24.3. The number of nitrogens with zero attached hydrogens (tertiary/aromatic N) is 2. The second-order valence-electron chi connectivity index (χ2n) is 7.55. The second-order valence-corrected chi connectivity index (χ2v) is 8.36. The standard InChI is InChI=1S/C24H20Cl2N4O5/c1-32-18-6-4-13(8-19(18)34-11-12-3-5-15(25)16(26)7-12)21-14(10-27)23(28)35-24-22(21)17(29-30-24)9-20(31)33-2/h3-8,21H,9,11,28H2,1-2H3,(H,29,30)/t21-/m0/s1. The molecule has 1 aromatic heterocycles. The van der Waals surface area contributed by atoms with E-state index in [1.807, 2.05) is 0 Å². The highest BCUT2D eigenvalue weighted by Crippen LogP contribution is 2.45. The Balaban J connectivity index is 1.74. The molecule has 0 aliphatic carbocycles. The van der Waals surface area contributed by atoms with E-state index >= 15 is 0 Å². The monoisotopic (exact) mass is 514 g/mol. The molecule has 1 atom stereocenters. The van der Waals surface area contributed by atoms with Crippen LogP contribution in [0.3, 0.4) is 0 Å². The van der Waals surface area contributed by atoms with E-state index < -0.39 is 11.9 Å². The van der Waals surface area contributed by atoms with Gasteiger partial charge in [0, 0.05) is 0 Å². The fourth-order valence-corrected chi connectivity index (χ4v) is 4.09. The molecule has 0 spiro atoms. The number of nitrogens with one attached hydrogen (secondary N) is 1. The van der Waals surface area contributed by atoms with E-state index in [4.69, 9.17) is 47.9 Å². The molecule has 180 valence electrons. The van der Waals surface area contributed by atoms with Crippen LogP contribution in [0, 0.1) is 11.3 Å². The van der Waals surface area contributed by atoms with E-state index in [-0.39, 0.29) is 30.4 Å². The molecule has 0 radical (unpaired) electrons. The normalized spacial score (nSPS) is 14.5. The minimum absolute atomic E-state index is 0.0739. The molecule has 2 heterocycles. The number of hydrogen-bond donors (Lipinski definition) is 2. The lowest BCUT2D eigenvalue weighted by atomic mass is 9.83. The van der Waals surface area contributed by atoms with Crippen molar-refractivity contribution in [1.29, 1.82) is 5.26 Å². The highest BCUT2D eigenvalue weighted by atomic mass is 35.5. The topological polar surface area (TPSA) is 132 Å². The Morgan fingerprint density at radius 2 is 2.00 bits per heavy atom. The number of ether oxygens (including phenoxy) is 4. The number of rotatable bonds is 7. The molecule has 3 N–H and O–H groups in total. The van der Waals surface area contributed by atoms with Gasteiger partial charge in [0.15, 0.2) is 11.5 Å². The highest BCUT2D eigenvalue weighted by molar-refractivity contribution is 6.42. The molecule has 0 saturated heterocycles. The Kier molecular flexibility index (Phi) is 7.05. The van der Waals surface area contributed by atoms with Crippen molar-refractivity contribution in [3.63, 3.8) is 0 Å². The lowest BCUT2D eigenvalue weighted by Crippen LogP contribution is -2.22. The third-order valence-electron chi connectivity index (χ3n) is 5.47. The summed E-state index contributed by atoms with van der Waals surface area (Å²) in [6.45, 7) is 0.193. The zero-order valence-electron chi connectivity index (χ0n) is 18.7. The minimum Gasteiger partial charge on any atom is -0.493 e. The number of methoxy groups -OCH3 is 2. The first-order valence-electron chi connectivity index (χ1n) is 10.3. The molecule has 2 aromatic carbocycles. The highest BCUT2D eigenvalue weighted by Gasteiger charge is 2.36. The largest absolute Gasteiger partial charge is 0.493 e. The number of nitriles is 1. The van der Waals surface area contributed by atoms with E-state index in [2.05, 4.69) is 16.3 Å². The van der Waals surface area contributed by atoms with Crippen molar-refractivity contribution in [1.82, 2.24) is 10.2 Å². The number of aromatic nitrogens is 2. The van der Waals surface area contributed by atoms with Gasteiger partial charge in [-0.05, 0) is 35.4 Å². The Morgan fingerprint density at radius 3 is 2.69 bits per heavy atom. The third-order valence-corrected chi connectivity index (χ3v) is 6.21. The predicted molar refractivity (Wildman–Crippen MR) is 127 cm³/mol. The van der Waals surface area contributed by atoms with Gasteiger partial charge in [-0.15, -0.1) is 5.10 Å². The number of esters is 1. The van der Waals surface area contributed by atoms with Crippen LogP contribution in [0.5, 0.6) is 17.4 Å². The lowest BCUT2D eigenvalue weighted by molar-refractivity contribution is -0.139. The van der Waals surface area contributed by atoms with Gasteiger partial charge in [-0.1, -0.05) is 35.3 Å². The van der Waals surface area contributed by atoms with Crippen LogP contribution >= 0.6 is 23.2 Å². The fourth-order valence-electron chi connectivity index (χ4n) is 3.77. The number of nitrogens with two attached hydrogens (primary N) is 1. The first-order chi connectivity index (χ1) is 16.9. The molecule has 35 heavy (non-hydrogen) atoms. The van der Waals surface area contributed by atoms with E-state index in [0.717, 1.165) is 5.56 Å². The number of carbonyl (C=O) groups is 1. The average Bonchev–Trinajstić information content (AvgIpc) is 3.25. The minimum atomic E-state index is -0.666. The molecule has 4 rings (SSSR count). The zero-order chi connectivity index (χ0) is 25.1. The maximum absolute atomic E-state index is 12.0. The van der Waals surface area contributed by atoms with Gasteiger partial charge < -0.3 is 24.7 Å². The van der Waals surface area contributed by atoms with Gasteiger partial charge in [0.25, 0.3) is 0 Å². The van der Waals surface area contributed by atoms with E-state index in [9.17, 15) is 10.1 Å². The smallest absolute Gasteiger partial charge is 0.311 e. The van der Waals surface area contributed by atoms with E-state index in [1.54, 1.807) is 36.4 Å². The van der Waals surface area contributed by atoms with Crippen molar-refractivity contribution in [3.05, 3.63) is 80.3 Å². The molecule has 0 amide bonds. The molecule has 11 heteroatoms. The van der Waals surface area contributed by atoms with Crippen molar-refractivity contribution in [2.24, 2.45) is 5.73 Å². The quantitative estimate of drug-likeness (QED) is 0.447. The maximum atomic E-state index is 12.0. The Labute approximate surface area is 210 Å². The summed E-state index contributed by atoms with van der Waals surface area (Å²) in [4.78, 5) is 12.0. The van der Waals surface area contributed by atoms with E-state index in [0.29, 0.717) is 38.4 Å². The molecular formula is C24H20Cl2N4O5. The zero-order valence-corrected chi connectivity index (χ0v) is 20.2. The Hall–Kier alpha value is -3.87. The lowest BCUT2D eigenvalue weighted by Gasteiger charge is -2.24. The van der Waals surface area contributed by atoms with Crippen molar-refractivity contribution >= 4 is 29.2 Å². The molecule has 1 aliphatic rings. The summed E-state index contributed by atoms with van der Waals surface area (Å²) in [5.41, 5.74) is 8.63. The van der Waals surface area contributed by atoms with Gasteiger partial charge in [-0.25, -0.2) is 0 Å². The molecule has 0 bridgehead atoms. The van der Waals surface area contributed by atoms with Crippen molar-refractivity contribution in [2.45, 2.75) is 18.9 Å². The average molecular weight is 515 g/mol. The Bertz CT molecular complexity index is 1360. The van der Waals surface area contributed by atoms with Gasteiger partial charge in [0.2, 0.25) is 11.8 Å². The number of fused-ring (bicyclic) bond motifs is 1. The summed E-state index contributed by atoms with van der Waals surface area (Å²) in [6.07, 6.45) is -0.0891. The van der Waals surface area contributed by atoms with Crippen molar-refractivity contribution in [2.75, 3.05) is 14.2 Å². The molecule has 0 unspecified atom stereocenters. The molecule has 1 aliphatic heterocycles. The van der Waals surface area contributed by atoms with Crippen LogP contribution in [0.2, 0.25) is 10.0 Å². The van der Waals surface area contributed by atoms with Gasteiger partial charge in [0.1, 0.15) is 18.2 Å². The van der Waals surface area contributed by atoms with Crippen LogP contribution in [-0.2, 0) is 22.6 Å². The number of hydrogen-bond acceptors (Lipinski definition) is 8. The molecular weight excluding hydrogens is 495 g/mol. The summed E-state index contributed by atoms with van der Waals surface area (Å²) in [5.74, 6) is -0.122. The molecule has 9 nitrogen and oxygen atoms in total. The van der Waals surface area contributed by atoms with Crippen molar-refractivity contribution < 1.29 is 23.7 Å². The van der Waals surface area contributed by atoms with Gasteiger partial charge >= 0.3 is 5.97 Å². The van der Waals surface area contributed by atoms with Crippen molar-refractivity contribution in [3.8, 4) is 23.4 Å². The number of halogens is 2. The van der Waals surface area contributed by atoms with Crippen LogP contribution < -0.4 is 19.9 Å². The van der Waals surface area contributed by atoms with Gasteiger partial charge in [0.05, 0.1) is 47.9 Å². The van der Waals surface area contributed by atoms with Crippen LogP contribution in [-0.4, -0.2) is 30.4 Å². The fraction of sp³-hybridized carbons (Fsp3) is 0.208. The summed E-state index contributed by atoms with van der Waals surface area (Å²) < 4.78 is 21.8. The van der Waals surface area contributed by atoms with Crippen LogP contribution in [0.1, 0.15) is 28.3 Å². The van der Waals surface area contributed by atoms with Crippen LogP contribution in [0.25, 0.3) is 0 Å². The first-order valence-corrected chi connectivity index (χ1v) is 11.1. The number of carbonyl (C=O) groups excluding carboxylic acids is 1. The molecule has 3 aromatic rings. The summed E-state index contributed by atoms with van der Waals surface area (Å²) in [7, 11) is 2.81. The third kappa shape index (κ3) is 4.85. The summed E-state index contributed by atoms with van der Waals surface area (Å²) in [6, 6.07) is 12.6. The maximum Gasteiger partial charge on any atom is 0.311 e. The SMILES string of the molecule is COC(=O)Cc1[nH]nc2c1[C@@H](c1ccc(OC)c(OCc3ccc(Cl)c(Cl)c3)c1)C(C#N)=C(N)O2. The predicted octanol–water partition coefficient (Wildman–Crippen LogP) is 4.24. The van der Waals surface area contributed by atoms with Gasteiger partial charge in [-0.3, -0.25) is 9.89 Å². The summed E-state index contributed by atoms with van der Waals surface area (Å²) >= 11 is 12.1. The molecule has 0 saturated carbocycles. The van der Waals surface area contributed by atoms with Crippen LogP contribution in [0.4, 0.5) is 0 Å². The number of benzene rings is 2. The summed E-state index contributed by atoms with van der Waals surface area (Å²) in [5, 5.41) is 17.7. The second kappa shape index (κ2) is 10.2. The Morgan fingerprint density at radius 1 is 1.20 bits per heavy atom.